The zero-order chi connectivity index (χ0) is 27.0. The Morgan fingerprint density at radius 1 is 1.26 bits per heavy atom. The number of piperidine rings is 1. The highest BCUT2D eigenvalue weighted by molar-refractivity contribution is 5.92. The highest BCUT2D eigenvalue weighted by Crippen LogP contribution is 2.65. The Morgan fingerprint density at radius 3 is 2.82 bits per heavy atom. The minimum absolute atomic E-state index is 0.0629. The van der Waals surface area contributed by atoms with Crippen LogP contribution in [-0.2, 0) is 16.6 Å². The minimum atomic E-state index is -4.81. The number of aromatic hydroxyl groups is 1. The van der Waals surface area contributed by atoms with Gasteiger partial charge in [0.2, 0.25) is 5.91 Å². The number of phenolic OH excluding ortho intramolecular Hbond substituents is 1. The summed E-state index contributed by atoms with van der Waals surface area (Å²) in [7, 11) is 3.63. The number of hydrogen-bond donors (Lipinski definition) is 2. The molecule has 2 N–H and O–H groups in total. The van der Waals surface area contributed by atoms with E-state index in [1.807, 2.05) is 13.1 Å². The molecule has 2 aromatic rings. The maximum Gasteiger partial charge on any atom is 0.573 e. The van der Waals surface area contributed by atoms with Crippen molar-refractivity contribution in [3.8, 4) is 17.2 Å². The van der Waals surface area contributed by atoms with Gasteiger partial charge >= 0.3 is 6.36 Å². The van der Waals surface area contributed by atoms with Crippen LogP contribution in [0.5, 0.6) is 17.2 Å². The fourth-order valence-corrected chi connectivity index (χ4v) is 7.50. The van der Waals surface area contributed by atoms with Crippen molar-refractivity contribution < 1.29 is 37.7 Å². The second-order valence-corrected chi connectivity index (χ2v) is 10.8. The van der Waals surface area contributed by atoms with Crippen LogP contribution in [0.2, 0.25) is 0 Å². The van der Waals surface area contributed by atoms with Gasteiger partial charge < -0.3 is 29.5 Å². The minimum Gasteiger partial charge on any atom is -0.504 e. The summed E-state index contributed by atoms with van der Waals surface area (Å²) in [6.07, 6.45) is -0.0723. The molecule has 0 unspecified atom stereocenters. The second kappa shape index (κ2) is 8.38. The standard InChI is InChI=1S/C28H29F3N2O5/c1-32-13-12-26-22-10-9-20(27(26,36)21(32)15-17-7-8-19(34)25(37-22)24(17)26)33(2)23(35)11-6-16-4-3-5-18(14-16)38-28(29,30)31/h3-8,11,14,20-22,34,36H,9-10,12-13,15H2,1-2H3/t20-,21-,22+,26-,27-/m1/s1. The molecule has 1 saturated heterocycles. The number of carbonyl (C=O) groups is 1. The number of carbonyl (C=O) groups excluding carboxylic acids is 1. The molecule has 2 aromatic carbocycles. The van der Waals surface area contributed by atoms with Crippen molar-refractivity contribution in [1.82, 2.24) is 9.80 Å². The average Bonchev–Trinajstić information content (AvgIpc) is 3.20. The number of hydrogen-bond acceptors (Lipinski definition) is 6. The molecular weight excluding hydrogens is 501 g/mol. The van der Waals surface area contributed by atoms with E-state index >= 15 is 0 Å². The third-order valence-electron chi connectivity index (χ3n) is 9.04. The highest BCUT2D eigenvalue weighted by Gasteiger charge is 2.74. The van der Waals surface area contributed by atoms with Crippen molar-refractivity contribution in [2.45, 2.75) is 61.2 Å². The van der Waals surface area contributed by atoms with Crippen LogP contribution >= 0.6 is 0 Å². The molecule has 1 saturated carbocycles. The fourth-order valence-electron chi connectivity index (χ4n) is 7.50. The largest absolute Gasteiger partial charge is 0.573 e. The van der Waals surface area contributed by atoms with Gasteiger partial charge in [-0.15, -0.1) is 13.2 Å². The topological polar surface area (TPSA) is 82.5 Å². The van der Waals surface area contributed by atoms with E-state index in [2.05, 4.69) is 9.64 Å². The van der Waals surface area contributed by atoms with Crippen LogP contribution in [0, 0.1) is 0 Å². The number of amides is 1. The smallest absolute Gasteiger partial charge is 0.504 e. The van der Waals surface area contributed by atoms with Gasteiger partial charge in [0, 0.05) is 24.7 Å². The summed E-state index contributed by atoms with van der Waals surface area (Å²) >= 11 is 0. The molecule has 1 amide bonds. The van der Waals surface area contributed by atoms with Gasteiger partial charge in [-0.05, 0) is 74.7 Å². The van der Waals surface area contributed by atoms with Crippen molar-refractivity contribution in [2.24, 2.45) is 0 Å². The molecule has 202 valence electrons. The predicted molar refractivity (Wildman–Crippen MR) is 132 cm³/mol. The Hall–Kier alpha value is -3.24. The first-order chi connectivity index (χ1) is 18.0. The molecular formula is C28H29F3N2O5. The summed E-state index contributed by atoms with van der Waals surface area (Å²) in [5.74, 6) is -0.233. The van der Waals surface area contributed by atoms with Crippen molar-refractivity contribution in [1.29, 1.82) is 0 Å². The van der Waals surface area contributed by atoms with E-state index in [4.69, 9.17) is 4.74 Å². The average molecular weight is 531 g/mol. The summed E-state index contributed by atoms with van der Waals surface area (Å²) in [6.45, 7) is 0.752. The molecule has 2 heterocycles. The molecule has 2 aliphatic carbocycles. The number of benzene rings is 2. The Morgan fingerprint density at radius 2 is 2.05 bits per heavy atom. The van der Waals surface area contributed by atoms with E-state index < -0.39 is 23.4 Å². The first kappa shape index (κ1) is 25.1. The van der Waals surface area contributed by atoms with Gasteiger partial charge in [0.05, 0.1) is 11.5 Å². The van der Waals surface area contributed by atoms with Gasteiger partial charge in [0.25, 0.3) is 0 Å². The quantitative estimate of drug-likeness (QED) is 0.588. The molecule has 2 fully saturated rings. The molecule has 4 aliphatic rings. The molecule has 0 radical (unpaired) electrons. The van der Waals surface area contributed by atoms with Crippen LogP contribution < -0.4 is 9.47 Å². The number of rotatable bonds is 4. The molecule has 2 bridgehead atoms. The van der Waals surface area contributed by atoms with Gasteiger partial charge in [-0.1, -0.05) is 18.2 Å². The maximum absolute atomic E-state index is 13.4. The fraction of sp³-hybridized carbons (Fsp3) is 0.464. The zero-order valence-corrected chi connectivity index (χ0v) is 21.0. The summed E-state index contributed by atoms with van der Waals surface area (Å²) in [5, 5.41) is 23.3. The number of phenols is 1. The molecule has 6 rings (SSSR count). The highest BCUT2D eigenvalue weighted by atomic mass is 19.4. The molecule has 10 heteroatoms. The molecule has 2 aliphatic heterocycles. The van der Waals surface area contributed by atoms with Gasteiger partial charge in [0.15, 0.2) is 11.5 Å². The SMILES string of the molecule is CN1CC[C@]23c4c5ccc(O)c4O[C@H]2CC[C@@H](N(C)C(=O)C=Cc2cccc(OC(F)(F)F)c2)[C@@]3(O)[C@H]1C5. The first-order valence-electron chi connectivity index (χ1n) is 12.7. The Balaban J connectivity index is 1.33. The van der Waals surface area contributed by atoms with E-state index in [1.54, 1.807) is 24.1 Å². The van der Waals surface area contributed by atoms with Gasteiger partial charge in [0.1, 0.15) is 17.5 Å². The van der Waals surface area contributed by atoms with Gasteiger partial charge in [-0.3, -0.25) is 4.79 Å². The number of ether oxygens (including phenoxy) is 2. The number of halogens is 3. The first-order valence-corrected chi connectivity index (χ1v) is 12.7. The van der Waals surface area contributed by atoms with Crippen molar-refractivity contribution in [2.75, 3.05) is 20.6 Å². The number of likely N-dealkylation sites (N-methyl/N-ethyl adjacent to an activating group) is 2. The monoisotopic (exact) mass is 530 g/mol. The lowest BCUT2D eigenvalue weighted by Crippen LogP contribution is -2.81. The Kier molecular flexibility index (Phi) is 5.53. The van der Waals surface area contributed by atoms with Crippen LogP contribution in [0.4, 0.5) is 13.2 Å². The van der Waals surface area contributed by atoms with Crippen LogP contribution in [0.15, 0.2) is 42.5 Å². The van der Waals surface area contributed by atoms with Crippen molar-refractivity contribution in [3.05, 3.63) is 59.2 Å². The van der Waals surface area contributed by atoms with E-state index in [9.17, 15) is 28.2 Å². The van der Waals surface area contributed by atoms with Crippen molar-refractivity contribution >= 4 is 12.0 Å². The van der Waals surface area contributed by atoms with E-state index in [0.717, 1.165) is 17.7 Å². The molecule has 0 aromatic heterocycles. The van der Waals surface area contributed by atoms with Gasteiger partial charge in [-0.25, -0.2) is 0 Å². The Bertz CT molecular complexity index is 1330. The number of likely N-dealkylation sites (tertiary alicyclic amines) is 1. The third kappa shape index (κ3) is 3.46. The number of alkyl halides is 3. The van der Waals surface area contributed by atoms with Crippen LogP contribution in [-0.4, -0.2) is 76.7 Å². The molecule has 7 nitrogen and oxygen atoms in total. The molecule has 1 spiro atoms. The van der Waals surface area contributed by atoms with Crippen LogP contribution in [0.1, 0.15) is 36.0 Å². The summed E-state index contributed by atoms with van der Waals surface area (Å²) in [6, 6.07) is 8.15. The van der Waals surface area contributed by atoms with Crippen LogP contribution in [0.3, 0.4) is 0 Å². The maximum atomic E-state index is 13.4. The lowest BCUT2D eigenvalue weighted by atomic mass is 9.47. The normalized spacial score (nSPS) is 31.6. The lowest BCUT2D eigenvalue weighted by molar-refractivity contribution is -0.274. The number of aliphatic hydroxyl groups is 1. The summed E-state index contributed by atoms with van der Waals surface area (Å²) in [4.78, 5) is 17.1. The summed E-state index contributed by atoms with van der Waals surface area (Å²) in [5.41, 5.74) is 0.222. The molecule has 38 heavy (non-hydrogen) atoms. The Labute approximate surface area is 218 Å². The van der Waals surface area contributed by atoms with Crippen LogP contribution in [0.25, 0.3) is 6.08 Å². The van der Waals surface area contributed by atoms with Crippen molar-refractivity contribution in [3.63, 3.8) is 0 Å². The lowest BCUT2D eigenvalue weighted by Gasteiger charge is -2.66. The third-order valence-corrected chi connectivity index (χ3v) is 9.04. The van der Waals surface area contributed by atoms with E-state index in [-0.39, 0.29) is 29.6 Å². The predicted octanol–water partition coefficient (Wildman–Crippen LogP) is 3.62. The zero-order valence-electron chi connectivity index (χ0n) is 21.0. The molecule has 5 atom stereocenters. The van der Waals surface area contributed by atoms with E-state index in [0.29, 0.717) is 37.0 Å². The number of nitrogens with zero attached hydrogens (tertiary/aromatic N) is 2. The summed E-state index contributed by atoms with van der Waals surface area (Å²) < 4.78 is 48.1. The second-order valence-electron chi connectivity index (χ2n) is 10.8. The van der Waals surface area contributed by atoms with Gasteiger partial charge in [-0.2, -0.15) is 0 Å². The van der Waals surface area contributed by atoms with E-state index in [1.165, 1.54) is 30.4 Å².